The molecule has 4 aromatic rings. The van der Waals surface area contributed by atoms with Crippen molar-refractivity contribution >= 4 is 22.4 Å². The van der Waals surface area contributed by atoms with Crippen LogP contribution >= 0.6 is 11.6 Å². The minimum absolute atomic E-state index is 0.111. The Kier molecular flexibility index (Phi) is 4.68. The van der Waals surface area contributed by atoms with Crippen molar-refractivity contribution in [1.29, 1.82) is 0 Å². The summed E-state index contributed by atoms with van der Waals surface area (Å²) < 4.78 is 46.4. The van der Waals surface area contributed by atoms with Crippen LogP contribution in [0.15, 0.2) is 67.0 Å². The Hall–Kier alpha value is -3.06. The van der Waals surface area contributed by atoms with Crippen molar-refractivity contribution < 1.29 is 17.9 Å². The molecule has 0 aliphatic rings. The Morgan fingerprint density at radius 3 is 2.61 bits per heavy atom. The van der Waals surface area contributed by atoms with Crippen LogP contribution in [0.3, 0.4) is 0 Å². The zero-order chi connectivity index (χ0) is 19.7. The number of rotatable bonds is 4. The first kappa shape index (κ1) is 18.3. The quantitative estimate of drug-likeness (QED) is 0.440. The summed E-state index contributed by atoms with van der Waals surface area (Å²) in [6.45, 7) is -0.111. The molecule has 2 aromatic heterocycles. The summed E-state index contributed by atoms with van der Waals surface area (Å²) in [7, 11) is 0. The molecule has 0 N–H and O–H groups in total. The fraction of sp³-hybridized carbons (Fsp3) is 0.100. The van der Waals surface area contributed by atoms with Crippen LogP contribution in [0.1, 0.15) is 11.4 Å². The molecular formula is C20H13ClF3N3O. The van der Waals surface area contributed by atoms with Crippen molar-refractivity contribution in [2.75, 3.05) is 0 Å². The van der Waals surface area contributed by atoms with Gasteiger partial charge in [0.1, 0.15) is 12.4 Å². The molecule has 2 aromatic carbocycles. The second-order valence-electron chi connectivity index (χ2n) is 6.06. The minimum atomic E-state index is -4.57. The van der Waals surface area contributed by atoms with Gasteiger partial charge >= 0.3 is 6.18 Å². The van der Waals surface area contributed by atoms with E-state index in [1.54, 1.807) is 48.8 Å². The highest BCUT2D eigenvalue weighted by Crippen LogP contribution is 2.31. The van der Waals surface area contributed by atoms with Gasteiger partial charge in [-0.05, 0) is 41.8 Å². The Labute approximate surface area is 163 Å². The fourth-order valence-corrected chi connectivity index (χ4v) is 3.02. The smallest absolute Gasteiger partial charge is 0.435 e. The van der Waals surface area contributed by atoms with Gasteiger partial charge in [0.05, 0.1) is 16.4 Å². The summed E-state index contributed by atoms with van der Waals surface area (Å²) >= 11 is 6.15. The molecule has 0 spiro atoms. The van der Waals surface area contributed by atoms with Crippen molar-refractivity contribution in [3.8, 4) is 11.4 Å². The second kappa shape index (κ2) is 7.16. The van der Waals surface area contributed by atoms with Gasteiger partial charge in [0.15, 0.2) is 5.69 Å². The third kappa shape index (κ3) is 3.66. The first-order valence-corrected chi connectivity index (χ1v) is 8.67. The first-order valence-electron chi connectivity index (χ1n) is 8.29. The summed E-state index contributed by atoms with van der Waals surface area (Å²) in [6, 6.07) is 14.8. The van der Waals surface area contributed by atoms with E-state index >= 15 is 0 Å². The molecule has 0 unspecified atom stereocenters. The maximum atomic E-state index is 13.2. The molecule has 4 nitrogen and oxygen atoms in total. The summed E-state index contributed by atoms with van der Waals surface area (Å²) in [4.78, 5) is 4.06. The predicted molar refractivity (Wildman–Crippen MR) is 99.7 cm³/mol. The molecule has 28 heavy (non-hydrogen) atoms. The average Bonchev–Trinajstić information content (AvgIpc) is 3.11. The SMILES string of the molecule is FC(F)(F)c1cc(COc2ccc3ccncc3c2)n(-c2ccccc2Cl)n1. The van der Waals surface area contributed by atoms with Gasteiger partial charge in [-0.1, -0.05) is 29.8 Å². The van der Waals surface area contributed by atoms with Gasteiger partial charge in [-0.15, -0.1) is 0 Å². The molecule has 0 saturated heterocycles. The zero-order valence-electron chi connectivity index (χ0n) is 14.3. The zero-order valence-corrected chi connectivity index (χ0v) is 15.1. The lowest BCUT2D eigenvalue weighted by Gasteiger charge is -2.11. The molecular weight excluding hydrogens is 391 g/mol. The van der Waals surface area contributed by atoms with Gasteiger partial charge in [0.25, 0.3) is 0 Å². The molecule has 142 valence electrons. The number of hydrogen-bond donors (Lipinski definition) is 0. The summed E-state index contributed by atoms with van der Waals surface area (Å²) in [6.07, 6.45) is -1.20. The molecule has 4 rings (SSSR count). The lowest BCUT2D eigenvalue weighted by molar-refractivity contribution is -0.141. The number of nitrogens with zero attached hydrogens (tertiary/aromatic N) is 3. The fourth-order valence-electron chi connectivity index (χ4n) is 2.80. The van der Waals surface area contributed by atoms with E-state index in [2.05, 4.69) is 10.1 Å². The van der Waals surface area contributed by atoms with E-state index in [0.717, 1.165) is 21.5 Å². The number of alkyl halides is 3. The van der Waals surface area contributed by atoms with E-state index in [9.17, 15) is 13.2 Å². The third-order valence-electron chi connectivity index (χ3n) is 4.15. The van der Waals surface area contributed by atoms with E-state index in [0.29, 0.717) is 11.4 Å². The Bertz CT molecular complexity index is 1140. The Balaban J connectivity index is 1.67. The lowest BCUT2D eigenvalue weighted by Crippen LogP contribution is -2.08. The number of halogens is 4. The Morgan fingerprint density at radius 2 is 1.82 bits per heavy atom. The van der Waals surface area contributed by atoms with Crippen LogP contribution in [-0.4, -0.2) is 14.8 Å². The third-order valence-corrected chi connectivity index (χ3v) is 4.47. The normalized spacial score (nSPS) is 11.7. The maximum absolute atomic E-state index is 13.2. The van der Waals surface area contributed by atoms with Crippen LogP contribution in [-0.2, 0) is 12.8 Å². The first-order chi connectivity index (χ1) is 13.4. The van der Waals surface area contributed by atoms with Crippen LogP contribution < -0.4 is 4.74 Å². The van der Waals surface area contributed by atoms with Gasteiger partial charge in [0.2, 0.25) is 0 Å². The number of hydrogen-bond acceptors (Lipinski definition) is 3. The molecule has 2 heterocycles. The number of para-hydroxylation sites is 1. The predicted octanol–water partition coefficient (Wildman–Crippen LogP) is 5.67. The van der Waals surface area contributed by atoms with Crippen LogP contribution in [0.5, 0.6) is 5.75 Å². The molecule has 8 heteroatoms. The van der Waals surface area contributed by atoms with Crippen molar-refractivity contribution in [2.24, 2.45) is 0 Å². The van der Waals surface area contributed by atoms with E-state index in [-0.39, 0.29) is 17.3 Å². The second-order valence-corrected chi connectivity index (χ2v) is 6.46. The largest absolute Gasteiger partial charge is 0.487 e. The number of fused-ring (bicyclic) bond motifs is 1. The van der Waals surface area contributed by atoms with Crippen LogP contribution in [0.25, 0.3) is 16.5 Å². The molecule has 0 bridgehead atoms. The van der Waals surface area contributed by atoms with Crippen molar-refractivity contribution in [3.05, 3.63) is 83.4 Å². The molecule has 0 amide bonds. The molecule has 0 saturated carbocycles. The van der Waals surface area contributed by atoms with Gasteiger partial charge in [-0.2, -0.15) is 18.3 Å². The number of aromatic nitrogens is 3. The van der Waals surface area contributed by atoms with Crippen LogP contribution in [0.2, 0.25) is 5.02 Å². The number of pyridine rings is 1. The summed E-state index contributed by atoms with van der Waals surface area (Å²) in [5.41, 5.74) is -0.429. The maximum Gasteiger partial charge on any atom is 0.435 e. The summed E-state index contributed by atoms with van der Waals surface area (Å²) in [5, 5.41) is 5.84. The monoisotopic (exact) mass is 403 g/mol. The molecule has 0 aliphatic heterocycles. The minimum Gasteiger partial charge on any atom is -0.487 e. The number of benzene rings is 2. The molecule has 0 radical (unpaired) electrons. The topological polar surface area (TPSA) is 39.9 Å². The lowest BCUT2D eigenvalue weighted by atomic mass is 10.2. The summed E-state index contributed by atoms with van der Waals surface area (Å²) in [5.74, 6) is 0.515. The number of ether oxygens (including phenoxy) is 1. The average molecular weight is 404 g/mol. The van der Waals surface area contributed by atoms with Gasteiger partial charge in [-0.3, -0.25) is 4.98 Å². The molecule has 0 atom stereocenters. The van der Waals surface area contributed by atoms with Crippen molar-refractivity contribution in [3.63, 3.8) is 0 Å². The van der Waals surface area contributed by atoms with E-state index in [1.807, 2.05) is 12.1 Å². The molecule has 0 fully saturated rings. The Morgan fingerprint density at radius 1 is 1.00 bits per heavy atom. The van der Waals surface area contributed by atoms with E-state index < -0.39 is 11.9 Å². The van der Waals surface area contributed by atoms with E-state index in [4.69, 9.17) is 16.3 Å². The highest BCUT2D eigenvalue weighted by molar-refractivity contribution is 6.32. The standard InChI is InChI=1S/C20H13ClF3N3O/c21-17-3-1-2-4-18(17)27-15(10-19(26-27)20(22,23)24)12-28-16-6-5-13-7-8-25-11-14(13)9-16/h1-11H,12H2. The molecule has 0 aliphatic carbocycles. The van der Waals surface area contributed by atoms with Gasteiger partial charge in [-0.25, -0.2) is 4.68 Å². The van der Waals surface area contributed by atoms with Crippen molar-refractivity contribution in [1.82, 2.24) is 14.8 Å². The van der Waals surface area contributed by atoms with Crippen molar-refractivity contribution in [2.45, 2.75) is 12.8 Å². The van der Waals surface area contributed by atoms with Crippen LogP contribution in [0.4, 0.5) is 13.2 Å². The highest BCUT2D eigenvalue weighted by atomic mass is 35.5. The van der Waals surface area contributed by atoms with Gasteiger partial charge in [0, 0.05) is 17.8 Å². The highest BCUT2D eigenvalue weighted by Gasteiger charge is 2.35. The van der Waals surface area contributed by atoms with Crippen LogP contribution in [0, 0.1) is 0 Å². The van der Waals surface area contributed by atoms with Gasteiger partial charge < -0.3 is 4.74 Å². The van der Waals surface area contributed by atoms with E-state index in [1.165, 1.54) is 0 Å².